The molecule has 1 aliphatic rings. The predicted molar refractivity (Wildman–Crippen MR) is 97.1 cm³/mol. The predicted octanol–water partition coefficient (Wildman–Crippen LogP) is 2.99. The van der Waals surface area contributed by atoms with E-state index in [1.807, 2.05) is 23.2 Å². The molecule has 136 valence electrons. The number of fused-ring (bicyclic) bond motifs is 1. The van der Waals surface area contributed by atoms with Crippen molar-refractivity contribution >= 4 is 16.8 Å². The van der Waals surface area contributed by atoms with Crippen LogP contribution in [0.2, 0.25) is 0 Å². The molecule has 0 spiro atoms. The summed E-state index contributed by atoms with van der Waals surface area (Å²) in [5.41, 5.74) is 2.29. The van der Waals surface area contributed by atoms with Crippen LogP contribution >= 0.6 is 0 Å². The molecule has 1 atom stereocenters. The fraction of sp³-hybridized carbons (Fsp3) is 0.350. The Morgan fingerprint density at radius 3 is 3.08 bits per heavy atom. The Morgan fingerprint density at radius 2 is 2.19 bits per heavy atom. The molecule has 1 fully saturated rings. The van der Waals surface area contributed by atoms with Gasteiger partial charge in [0, 0.05) is 30.8 Å². The first-order valence-electron chi connectivity index (χ1n) is 8.77. The number of carbonyl (C=O) groups excluding carboxylic acids is 1. The van der Waals surface area contributed by atoms with E-state index in [9.17, 15) is 4.79 Å². The fourth-order valence-corrected chi connectivity index (χ4v) is 3.50. The molecule has 0 aliphatic carbocycles. The lowest BCUT2D eigenvalue weighted by molar-refractivity contribution is -0.00330. The maximum absolute atomic E-state index is 12.9. The van der Waals surface area contributed by atoms with Crippen molar-refractivity contribution in [1.82, 2.24) is 9.88 Å². The number of methoxy groups -OCH3 is 1. The number of morpholine rings is 1. The van der Waals surface area contributed by atoms with Gasteiger partial charge in [0.1, 0.15) is 12.4 Å². The first kappa shape index (κ1) is 16.9. The quantitative estimate of drug-likeness (QED) is 0.765. The molecular weight excluding hydrogens is 332 g/mol. The summed E-state index contributed by atoms with van der Waals surface area (Å²) < 4.78 is 16.3. The van der Waals surface area contributed by atoms with Crippen molar-refractivity contribution in [2.24, 2.45) is 0 Å². The minimum absolute atomic E-state index is 0.0218. The van der Waals surface area contributed by atoms with Gasteiger partial charge in [0.2, 0.25) is 0 Å². The molecule has 1 saturated heterocycles. The average molecular weight is 354 g/mol. The number of amides is 1. The van der Waals surface area contributed by atoms with E-state index in [1.54, 1.807) is 19.2 Å². The van der Waals surface area contributed by atoms with E-state index in [-0.39, 0.29) is 11.9 Å². The summed E-state index contributed by atoms with van der Waals surface area (Å²) in [6.45, 7) is 1.99. The number of furan rings is 1. The first-order chi connectivity index (χ1) is 12.8. The van der Waals surface area contributed by atoms with Crippen molar-refractivity contribution in [2.75, 3.05) is 26.9 Å². The molecule has 1 amide bonds. The molecule has 0 radical (unpaired) electrons. The highest BCUT2D eigenvalue weighted by atomic mass is 16.5. The van der Waals surface area contributed by atoms with Crippen LogP contribution in [0.25, 0.3) is 10.9 Å². The van der Waals surface area contributed by atoms with Crippen LogP contribution in [0.3, 0.4) is 0 Å². The second-order valence-corrected chi connectivity index (χ2v) is 6.49. The van der Waals surface area contributed by atoms with Crippen molar-refractivity contribution in [3.8, 4) is 0 Å². The largest absolute Gasteiger partial charge is 0.453 e. The number of aromatic nitrogens is 1. The van der Waals surface area contributed by atoms with Crippen LogP contribution in [0, 0.1) is 0 Å². The van der Waals surface area contributed by atoms with Gasteiger partial charge in [-0.05, 0) is 30.2 Å². The van der Waals surface area contributed by atoms with E-state index in [1.165, 1.54) is 10.9 Å². The standard InChI is InChI=1S/C20H22N2O4/c1-24-13-16-6-7-19(26-16)20(23)22-8-9-25-12-15(22)10-14-11-21-18-5-3-2-4-17(14)18/h2-7,11,15,21H,8-10,12-13H2,1H3. The molecule has 1 N–H and O–H groups in total. The number of para-hydroxylation sites is 1. The highest BCUT2D eigenvalue weighted by molar-refractivity contribution is 5.92. The summed E-state index contributed by atoms with van der Waals surface area (Å²) in [5, 5.41) is 1.19. The molecule has 26 heavy (non-hydrogen) atoms. The third-order valence-corrected chi connectivity index (χ3v) is 4.78. The summed E-state index contributed by atoms with van der Waals surface area (Å²) in [4.78, 5) is 18.1. The van der Waals surface area contributed by atoms with Gasteiger partial charge in [-0.25, -0.2) is 0 Å². The lowest BCUT2D eigenvalue weighted by Crippen LogP contribution is -2.49. The number of hydrogen-bond acceptors (Lipinski definition) is 4. The van der Waals surface area contributed by atoms with Crippen LogP contribution < -0.4 is 0 Å². The molecule has 3 heterocycles. The molecule has 1 aliphatic heterocycles. The Labute approximate surface area is 151 Å². The van der Waals surface area contributed by atoms with Crippen molar-refractivity contribution in [3.05, 3.63) is 59.7 Å². The number of aromatic amines is 1. The highest BCUT2D eigenvalue weighted by Crippen LogP contribution is 2.23. The van der Waals surface area contributed by atoms with Crippen molar-refractivity contribution in [3.63, 3.8) is 0 Å². The van der Waals surface area contributed by atoms with Crippen LogP contribution in [0.1, 0.15) is 21.9 Å². The van der Waals surface area contributed by atoms with Gasteiger partial charge in [-0.15, -0.1) is 0 Å². The molecule has 6 heteroatoms. The van der Waals surface area contributed by atoms with E-state index in [4.69, 9.17) is 13.9 Å². The maximum atomic E-state index is 12.9. The SMILES string of the molecule is COCc1ccc(C(=O)N2CCOCC2Cc2c[nH]c3ccccc23)o1. The van der Waals surface area contributed by atoms with Crippen molar-refractivity contribution < 1.29 is 18.7 Å². The van der Waals surface area contributed by atoms with Gasteiger partial charge < -0.3 is 23.8 Å². The molecule has 2 aromatic heterocycles. The number of nitrogens with one attached hydrogen (secondary N) is 1. The van der Waals surface area contributed by atoms with Crippen LogP contribution in [0.4, 0.5) is 0 Å². The maximum Gasteiger partial charge on any atom is 0.289 e. The van der Waals surface area contributed by atoms with Gasteiger partial charge in [-0.3, -0.25) is 4.79 Å². The molecule has 6 nitrogen and oxygen atoms in total. The Kier molecular flexibility index (Phi) is 4.77. The second-order valence-electron chi connectivity index (χ2n) is 6.49. The summed E-state index contributed by atoms with van der Waals surface area (Å²) in [6, 6.07) is 11.7. The summed E-state index contributed by atoms with van der Waals surface area (Å²) in [5.74, 6) is 0.903. The molecule has 4 rings (SSSR count). The summed E-state index contributed by atoms with van der Waals surface area (Å²) in [6.07, 6.45) is 2.76. The van der Waals surface area contributed by atoms with Crippen molar-refractivity contribution in [1.29, 1.82) is 0 Å². The lowest BCUT2D eigenvalue weighted by Gasteiger charge is -2.35. The van der Waals surface area contributed by atoms with E-state index >= 15 is 0 Å². The topological polar surface area (TPSA) is 67.7 Å². The average Bonchev–Trinajstić information content (AvgIpc) is 3.30. The Morgan fingerprint density at radius 1 is 1.31 bits per heavy atom. The van der Waals surface area contributed by atoms with Gasteiger partial charge in [0.05, 0.1) is 19.3 Å². The third kappa shape index (κ3) is 3.25. The number of carbonyl (C=O) groups is 1. The Balaban J connectivity index is 1.55. The minimum Gasteiger partial charge on any atom is -0.453 e. The summed E-state index contributed by atoms with van der Waals surface area (Å²) in [7, 11) is 1.60. The Hall–Kier alpha value is -2.57. The van der Waals surface area contributed by atoms with Crippen LogP contribution in [-0.2, 0) is 22.5 Å². The van der Waals surface area contributed by atoms with Crippen LogP contribution in [0.15, 0.2) is 47.0 Å². The molecule has 0 saturated carbocycles. The Bertz CT molecular complexity index is 898. The van der Waals surface area contributed by atoms with Crippen LogP contribution in [0.5, 0.6) is 0 Å². The normalized spacial score (nSPS) is 17.7. The van der Waals surface area contributed by atoms with Gasteiger partial charge in [-0.2, -0.15) is 0 Å². The van der Waals surface area contributed by atoms with Crippen LogP contribution in [-0.4, -0.2) is 48.7 Å². The summed E-state index contributed by atoms with van der Waals surface area (Å²) >= 11 is 0. The molecule has 1 unspecified atom stereocenters. The number of hydrogen-bond donors (Lipinski definition) is 1. The number of nitrogens with zero attached hydrogens (tertiary/aromatic N) is 1. The van der Waals surface area contributed by atoms with E-state index in [2.05, 4.69) is 17.1 Å². The van der Waals surface area contributed by atoms with E-state index in [0.717, 1.165) is 11.9 Å². The lowest BCUT2D eigenvalue weighted by atomic mass is 10.0. The monoisotopic (exact) mass is 354 g/mol. The van der Waals surface area contributed by atoms with Gasteiger partial charge in [-0.1, -0.05) is 18.2 Å². The molecule has 0 bridgehead atoms. The molecule has 3 aromatic rings. The minimum atomic E-state index is -0.0968. The number of rotatable bonds is 5. The molecule has 1 aromatic carbocycles. The number of H-pyrrole nitrogens is 1. The second kappa shape index (κ2) is 7.35. The van der Waals surface area contributed by atoms with Gasteiger partial charge in [0.25, 0.3) is 5.91 Å². The molecular formula is C20H22N2O4. The van der Waals surface area contributed by atoms with Crippen molar-refractivity contribution in [2.45, 2.75) is 19.1 Å². The zero-order valence-corrected chi connectivity index (χ0v) is 14.7. The zero-order valence-electron chi connectivity index (χ0n) is 14.7. The van der Waals surface area contributed by atoms with E-state index in [0.29, 0.717) is 37.9 Å². The number of ether oxygens (including phenoxy) is 2. The highest BCUT2D eigenvalue weighted by Gasteiger charge is 2.30. The fourth-order valence-electron chi connectivity index (χ4n) is 3.50. The van der Waals surface area contributed by atoms with E-state index < -0.39 is 0 Å². The number of benzene rings is 1. The van der Waals surface area contributed by atoms with Gasteiger partial charge >= 0.3 is 0 Å². The van der Waals surface area contributed by atoms with Gasteiger partial charge in [0.15, 0.2) is 5.76 Å². The smallest absolute Gasteiger partial charge is 0.289 e. The first-order valence-corrected chi connectivity index (χ1v) is 8.77. The third-order valence-electron chi connectivity index (χ3n) is 4.78. The zero-order chi connectivity index (χ0) is 17.9.